The zero-order chi connectivity index (χ0) is 13.4. The van der Waals surface area contributed by atoms with Crippen molar-refractivity contribution in [1.29, 1.82) is 0 Å². The van der Waals surface area contributed by atoms with Crippen LogP contribution < -0.4 is 5.32 Å². The van der Waals surface area contributed by atoms with E-state index in [1.54, 1.807) is 0 Å². The van der Waals surface area contributed by atoms with Gasteiger partial charge in [0.25, 0.3) is 0 Å². The average Bonchev–Trinajstić information content (AvgIpc) is 2.35. The van der Waals surface area contributed by atoms with E-state index in [0.29, 0.717) is 6.04 Å². The topological polar surface area (TPSA) is 12.0 Å². The van der Waals surface area contributed by atoms with Gasteiger partial charge in [-0.05, 0) is 56.3 Å². The van der Waals surface area contributed by atoms with Gasteiger partial charge in [0.1, 0.15) is 0 Å². The molecule has 0 bridgehead atoms. The number of nitrogens with one attached hydrogen (secondary N) is 1. The Morgan fingerprint density at radius 2 is 1.94 bits per heavy atom. The minimum absolute atomic E-state index is 0.444. The molecule has 1 nitrogen and oxygen atoms in total. The Kier molecular flexibility index (Phi) is 6.54. The molecule has 0 aromatic heterocycles. The third-order valence-corrected chi connectivity index (χ3v) is 3.35. The van der Waals surface area contributed by atoms with Gasteiger partial charge in [-0.3, -0.25) is 0 Å². The molecule has 1 N–H and O–H groups in total. The summed E-state index contributed by atoms with van der Waals surface area (Å²) in [6.45, 7) is 7.67. The van der Waals surface area contributed by atoms with E-state index < -0.39 is 0 Å². The Morgan fingerprint density at radius 1 is 1.28 bits per heavy atom. The molecule has 0 fully saturated rings. The molecular formula is C17H25N. The summed E-state index contributed by atoms with van der Waals surface area (Å²) in [6.07, 6.45) is 9.59. The van der Waals surface area contributed by atoms with E-state index in [-0.39, 0.29) is 0 Å². The van der Waals surface area contributed by atoms with Crippen molar-refractivity contribution in [3.63, 3.8) is 0 Å². The van der Waals surface area contributed by atoms with E-state index in [4.69, 9.17) is 6.42 Å². The molecule has 0 radical (unpaired) electrons. The first-order valence-corrected chi connectivity index (χ1v) is 6.93. The van der Waals surface area contributed by atoms with Crippen LogP contribution in [0.15, 0.2) is 18.2 Å². The van der Waals surface area contributed by atoms with Crippen LogP contribution in [0.4, 0.5) is 0 Å². The molecule has 1 atom stereocenters. The first-order valence-electron chi connectivity index (χ1n) is 6.93. The van der Waals surface area contributed by atoms with Crippen LogP contribution in [-0.2, 0) is 0 Å². The second-order valence-electron chi connectivity index (χ2n) is 4.91. The van der Waals surface area contributed by atoms with Gasteiger partial charge in [-0.2, -0.15) is 0 Å². The quantitative estimate of drug-likeness (QED) is 0.560. The number of unbranched alkanes of at least 4 members (excludes halogenated alkanes) is 1. The van der Waals surface area contributed by atoms with Gasteiger partial charge in [0.15, 0.2) is 0 Å². The Labute approximate surface area is 112 Å². The monoisotopic (exact) mass is 243 g/mol. The lowest BCUT2D eigenvalue weighted by atomic mass is 9.92. The summed E-state index contributed by atoms with van der Waals surface area (Å²) >= 11 is 0. The highest BCUT2D eigenvalue weighted by molar-refractivity contribution is 5.36. The molecule has 0 aliphatic heterocycles. The van der Waals surface area contributed by atoms with Crippen LogP contribution in [0, 0.1) is 26.2 Å². The first-order chi connectivity index (χ1) is 8.70. The molecule has 98 valence electrons. The van der Waals surface area contributed by atoms with Crippen molar-refractivity contribution in [2.24, 2.45) is 0 Å². The Hall–Kier alpha value is -1.26. The molecule has 0 saturated heterocycles. The Bertz CT molecular complexity index is 380. The van der Waals surface area contributed by atoms with Crippen molar-refractivity contribution < 1.29 is 0 Å². The van der Waals surface area contributed by atoms with Gasteiger partial charge < -0.3 is 5.32 Å². The van der Waals surface area contributed by atoms with Gasteiger partial charge in [0, 0.05) is 12.5 Å². The molecule has 1 aromatic carbocycles. The predicted octanol–water partition coefficient (Wildman–Crippen LogP) is 4.15. The molecule has 18 heavy (non-hydrogen) atoms. The molecule has 1 heteroatoms. The van der Waals surface area contributed by atoms with Crippen molar-refractivity contribution in [1.82, 2.24) is 5.32 Å². The largest absolute Gasteiger partial charge is 0.310 e. The van der Waals surface area contributed by atoms with Gasteiger partial charge in [0.05, 0.1) is 0 Å². The Balaban J connectivity index is 2.83. The van der Waals surface area contributed by atoms with E-state index >= 15 is 0 Å². The van der Waals surface area contributed by atoms with Crippen LogP contribution in [0.2, 0.25) is 0 Å². The second kappa shape index (κ2) is 7.95. The van der Waals surface area contributed by atoms with Crippen LogP contribution in [0.3, 0.4) is 0 Å². The lowest BCUT2D eigenvalue weighted by Gasteiger charge is -2.22. The SMILES string of the molecule is C#CCCCC(NCCC)c1c(C)cccc1C. The van der Waals surface area contributed by atoms with Crippen molar-refractivity contribution >= 4 is 0 Å². The number of aryl methyl sites for hydroxylation is 2. The maximum atomic E-state index is 5.34. The molecule has 0 saturated carbocycles. The number of rotatable bonds is 7. The predicted molar refractivity (Wildman–Crippen MR) is 79.6 cm³/mol. The first kappa shape index (κ1) is 14.8. The lowest BCUT2D eigenvalue weighted by Crippen LogP contribution is -2.23. The van der Waals surface area contributed by atoms with E-state index in [9.17, 15) is 0 Å². The van der Waals surface area contributed by atoms with Crippen molar-refractivity contribution in [3.8, 4) is 12.3 Å². The molecule has 0 aliphatic carbocycles. The summed E-state index contributed by atoms with van der Waals surface area (Å²) in [4.78, 5) is 0. The van der Waals surface area contributed by atoms with Crippen LogP contribution in [0.25, 0.3) is 0 Å². The summed E-state index contributed by atoms with van der Waals surface area (Å²) in [5.41, 5.74) is 4.22. The third-order valence-electron chi connectivity index (χ3n) is 3.35. The van der Waals surface area contributed by atoms with Gasteiger partial charge in [-0.15, -0.1) is 12.3 Å². The number of hydrogen-bond acceptors (Lipinski definition) is 1. The number of hydrogen-bond donors (Lipinski definition) is 1. The van der Waals surface area contributed by atoms with Gasteiger partial charge >= 0.3 is 0 Å². The molecule has 0 aliphatic rings. The maximum Gasteiger partial charge on any atom is 0.0325 e. The zero-order valence-electron chi connectivity index (χ0n) is 11.9. The third kappa shape index (κ3) is 4.20. The van der Waals surface area contributed by atoms with E-state index in [1.807, 2.05) is 0 Å². The van der Waals surface area contributed by atoms with Crippen LogP contribution >= 0.6 is 0 Å². The standard InChI is InChI=1S/C17H25N/c1-5-7-8-12-16(18-13-6-2)17-14(3)10-9-11-15(17)4/h1,9-11,16,18H,6-8,12-13H2,2-4H3. The minimum Gasteiger partial charge on any atom is -0.310 e. The zero-order valence-corrected chi connectivity index (χ0v) is 11.9. The average molecular weight is 243 g/mol. The lowest BCUT2D eigenvalue weighted by molar-refractivity contribution is 0.484. The van der Waals surface area contributed by atoms with E-state index in [2.05, 4.69) is 50.2 Å². The fourth-order valence-corrected chi connectivity index (χ4v) is 2.45. The summed E-state index contributed by atoms with van der Waals surface area (Å²) in [6, 6.07) is 6.97. The van der Waals surface area contributed by atoms with Crippen LogP contribution in [-0.4, -0.2) is 6.54 Å². The fourth-order valence-electron chi connectivity index (χ4n) is 2.45. The van der Waals surface area contributed by atoms with E-state index in [0.717, 1.165) is 32.2 Å². The highest BCUT2D eigenvalue weighted by Crippen LogP contribution is 2.26. The molecule has 1 unspecified atom stereocenters. The molecular weight excluding hydrogens is 218 g/mol. The molecule has 0 amide bonds. The van der Waals surface area contributed by atoms with E-state index in [1.165, 1.54) is 16.7 Å². The fraction of sp³-hybridized carbons (Fsp3) is 0.529. The highest BCUT2D eigenvalue weighted by atomic mass is 14.9. The Morgan fingerprint density at radius 3 is 2.50 bits per heavy atom. The summed E-state index contributed by atoms with van der Waals surface area (Å²) in [7, 11) is 0. The van der Waals surface area contributed by atoms with Gasteiger partial charge in [-0.1, -0.05) is 25.1 Å². The van der Waals surface area contributed by atoms with Crippen molar-refractivity contribution in [2.45, 2.75) is 52.5 Å². The number of terminal acetylenes is 1. The normalized spacial score (nSPS) is 12.1. The summed E-state index contributed by atoms with van der Waals surface area (Å²) < 4.78 is 0. The van der Waals surface area contributed by atoms with Gasteiger partial charge in [-0.25, -0.2) is 0 Å². The summed E-state index contributed by atoms with van der Waals surface area (Å²) in [5.74, 6) is 2.73. The second-order valence-corrected chi connectivity index (χ2v) is 4.91. The van der Waals surface area contributed by atoms with Gasteiger partial charge in [0.2, 0.25) is 0 Å². The molecule has 1 aromatic rings. The number of benzene rings is 1. The molecule has 1 rings (SSSR count). The van der Waals surface area contributed by atoms with Crippen molar-refractivity contribution in [3.05, 3.63) is 34.9 Å². The smallest absolute Gasteiger partial charge is 0.0325 e. The van der Waals surface area contributed by atoms with Crippen molar-refractivity contribution in [2.75, 3.05) is 6.54 Å². The molecule has 0 heterocycles. The summed E-state index contributed by atoms with van der Waals surface area (Å²) in [5, 5.41) is 3.66. The highest BCUT2D eigenvalue weighted by Gasteiger charge is 2.14. The maximum absolute atomic E-state index is 5.34. The van der Waals surface area contributed by atoms with Crippen LogP contribution in [0.1, 0.15) is 55.3 Å². The van der Waals surface area contributed by atoms with Crippen LogP contribution in [0.5, 0.6) is 0 Å². The molecule has 0 spiro atoms. The minimum atomic E-state index is 0.444.